The minimum atomic E-state index is -1.20. The molecule has 0 unspecified atom stereocenters. The van der Waals surface area contributed by atoms with Gasteiger partial charge in [0.15, 0.2) is 0 Å². The molecule has 1 aromatic rings. The lowest BCUT2D eigenvalue weighted by molar-refractivity contribution is -0.141. The number of carboxylic acids is 1. The van der Waals surface area contributed by atoms with Gasteiger partial charge in [0.05, 0.1) is 11.1 Å². The molecule has 1 saturated heterocycles. The Labute approximate surface area is 113 Å². The molecule has 0 radical (unpaired) electrons. The van der Waals surface area contributed by atoms with E-state index in [-0.39, 0.29) is 23.6 Å². The van der Waals surface area contributed by atoms with Crippen LogP contribution in [-0.4, -0.2) is 45.7 Å². The van der Waals surface area contributed by atoms with E-state index in [1.807, 2.05) is 0 Å². The van der Waals surface area contributed by atoms with Gasteiger partial charge in [-0.3, -0.25) is 4.79 Å². The quantitative estimate of drug-likeness (QED) is 0.855. The van der Waals surface area contributed by atoms with Gasteiger partial charge in [0.2, 0.25) is 0 Å². The van der Waals surface area contributed by atoms with Gasteiger partial charge in [-0.25, -0.2) is 9.18 Å². The van der Waals surface area contributed by atoms with Crippen LogP contribution in [0, 0.1) is 5.82 Å². The van der Waals surface area contributed by atoms with Crippen LogP contribution >= 0.6 is 11.6 Å². The first kappa shape index (κ1) is 13.8. The summed E-state index contributed by atoms with van der Waals surface area (Å²) in [6.45, 7) is -0.0833. The number of aliphatic carboxylic acids is 1. The van der Waals surface area contributed by atoms with Gasteiger partial charge in [0.1, 0.15) is 11.9 Å². The first-order valence-electron chi connectivity index (χ1n) is 5.57. The fraction of sp³-hybridized carbons (Fsp3) is 0.333. The second-order valence-electron chi connectivity index (χ2n) is 4.33. The van der Waals surface area contributed by atoms with Gasteiger partial charge < -0.3 is 15.1 Å². The van der Waals surface area contributed by atoms with Crippen LogP contribution in [0.4, 0.5) is 4.39 Å². The van der Waals surface area contributed by atoms with Crippen molar-refractivity contribution in [3.63, 3.8) is 0 Å². The summed E-state index contributed by atoms with van der Waals surface area (Å²) in [5, 5.41) is 18.3. The van der Waals surface area contributed by atoms with Gasteiger partial charge >= 0.3 is 5.97 Å². The summed E-state index contributed by atoms with van der Waals surface area (Å²) < 4.78 is 13.3. The number of rotatable bonds is 2. The number of amides is 1. The topological polar surface area (TPSA) is 77.8 Å². The Morgan fingerprint density at radius 1 is 1.42 bits per heavy atom. The molecule has 1 aliphatic rings. The summed E-state index contributed by atoms with van der Waals surface area (Å²) in [5.41, 5.74) is 0.00208. The van der Waals surface area contributed by atoms with E-state index in [1.54, 1.807) is 0 Å². The predicted octanol–water partition coefficient (Wildman–Crippen LogP) is 1.14. The fourth-order valence-corrected chi connectivity index (χ4v) is 2.18. The Kier molecular flexibility index (Phi) is 3.73. The Morgan fingerprint density at radius 3 is 2.68 bits per heavy atom. The van der Waals surface area contributed by atoms with E-state index in [0.29, 0.717) is 0 Å². The zero-order valence-electron chi connectivity index (χ0n) is 9.72. The molecule has 1 heterocycles. The molecule has 0 aliphatic carbocycles. The second kappa shape index (κ2) is 5.14. The monoisotopic (exact) mass is 287 g/mol. The normalized spacial score (nSPS) is 22.6. The highest BCUT2D eigenvalue weighted by Crippen LogP contribution is 2.23. The molecule has 0 aromatic heterocycles. The maximum absolute atomic E-state index is 13.3. The number of hydrogen-bond donors (Lipinski definition) is 2. The molecule has 2 atom stereocenters. The highest BCUT2D eigenvalue weighted by molar-refractivity contribution is 6.30. The summed E-state index contributed by atoms with van der Waals surface area (Å²) in [7, 11) is 0. The van der Waals surface area contributed by atoms with E-state index in [1.165, 1.54) is 12.1 Å². The average molecular weight is 288 g/mol. The van der Waals surface area contributed by atoms with Gasteiger partial charge in [-0.2, -0.15) is 0 Å². The first-order valence-corrected chi connectivity index (χ1v) is 5.95. The summed E-state index contributed by atoms with van der Waals surface area (Å²) >= 11 is 5.51. The number of carboxylic acid groups (broad SMARTS) is 1. The number of likely N-dealkylation sites (tertiary alicyclic amines) is 1. The lowest BCUT2D eigenvalue weighted by Gasteiger charge is -2.21. The summed E-state index contributed by atoms with van der Waals surface area (Å²) in [4.78, 5) is 24.2. The molecule has 0 spiro atoms. The van der Waals surface area contributed by atoms with Crippen molar-refractivity contribution in [1.82, 2.24) is 4.90 Å². The Morgan fingerprint density at radius 2 is 2.11 bits per heavy atom. The van der Waals surface area contributed by atoms with E-state index >= 15 is 0 Å². The first-order chi connectivity index (χ1) is 8.90. The Hall–Kier alpha value is -1.66. The molecule has 2 rings (SSSR count). The lowest BCUT2D eigenvalue weighted by Crippen LogP contribution is -2.40. The van der Waals surface area contributed by atoms with E-state index < -0.39 is 29.8 Å². The molecule has 1 amide bonds. The molecular weight excluding hydrogens is 277 g/mol. The average Bonchev–Trinajstić information content (AvgIpc) is 2.74. The van der Waals surface area contributed by atoms with E-state index in [2.05, 4.69) is 0 Å². The molecule has 1 aliphatic heterocycles. The third-order valence-electron chi connectivity index (χ3n) is 2.99. The molecule has 102 valence electrons. The van der Waals surface area contributed by atoms with E-state index in [0.717, 1.165) is 11.0 Å². The summed E-state index contributed by atoms with van der Waals surface area (Å²) in [6.07, 6.45) is -0.917. The lowest BCUT2D eigenvalue weighted by atomic mass is 10.1. The number of β-amino-alcohol motifs (C(OH)–C–C–N with tert-alkyl or cyclic N) is 1. The van der Waals surface area contributed by atoms with Gasteiger partial charge in [-0.1, -0.05) is 11.6 Å². The Balaban J connectivity index is 2.27. The molecule has 2 N–H and O–H groups in total. The maximum Gasteiger partial charge on any atom is 0.326 e. The standard InChI is InChI=1S/C12H11ClFNO4/c13-8-2-1-6(3-9(8)14)11(17)15-5-7(16)4-10(15)12(18)19/h1-3,7,10,16H,4-5H2,(H,18,19)/t7-,10+/m1/s1. The number of nitrogens with zero attached hydrogens (tertiary/aromatic N) is 1. The number of carbonyl (C=O) groups is 2. The molecule has 1 fully saturated rings. The second-order valence-corrected chi connectivity index (χ2v) is 4.74. The van der Waals surface area contributed by atoms with Crippen molar-refractivity contribution in [3.8, 4) is 0 Å². The summed E-state index contributed by atoms with van der Waals surface area (Å²) in [5.74, 6) is -2.59. The zero-order valence-corrected chi connectivity index (χ0v) is 10.5. The molecule has 19 heavy (non-hydrogen) atoms. The third kappa shape index (κ3) is 2.69. The van der Waals surface area contributed by atoms with Crippen molar-refractivity contribution in [2.45, 2.75) is 18.6 Å². The molecule has 0 bridgehead atoms. The van der Waals surface area contributed by atoms with Crippen molar-refractivity contribution in [2.75, 3.05) is 6.54 Å². The molecule has 7 heteroatoms. The number of carbonyl (C=O) groups excluding carboxylic acids is 1. The van der Waals surface area contributed by atoms with Crippen LogP contribution in [0.1, 0.15) is 16.8 Å². The number of aliphatic hydroxyl groups is 1. The zero-order chi connectivity index (χ0) is 14.2. The van der Waals surface area contributed by atoms with Gasteiger partial charge in [0, 0.05) is 18.5 Å². The van der Waals surface area contributed by atoms with Crippen molar-refractivity contribution in [1.29, 1.82) is 0 Å². The highest BCUT2D eigenvalue weighted by Gasteiger charge is 2.39. The molecule has 5 nitrogen and oxygen atoms in total. The number of benzene rings is 1. The third-order valence-corrected chi connectivity index (χ3v) is 3.30. The van der Waals surface area contributed by atoms with Crippen LogP contribution in [0.25, 0.3) is 0 Å². The van der Waals surface area contributed by atoms with Crippen LogP contribution in [0.15, 0.2) is 18.2 Å². The summed E-state index contributed by atoms with van der Waals surface area (Å²) in [6, 6.07) is 2.40. The number of hydrogen-bond acceptors (Lipinski definition) is 3. The van der Waals surface area contributed by atoms with Crippen LogP contribution in [0.5, 0.6) is 0 Å². The minimum absolute atomic E-state index is 0.00208. The number of aliphatic hydroxyl groups excluding tert-OH is 1. The maximum atomic E-state index is 13.3. The predicted molar refractivity (Wildman–Crippen MR) is 64.5 cm³/mol. The molecule has 1 aromatic carbocycles. The van der Waals surface area contributed by atoms with Crippen molar-refractivity contribution in [2.24, 2.45) is 0 Å². The van der Waals surface area contributed by atoms with E-state index in [9.17, 15) is 19.1 Å². The smallest absolute Gasteiger partial charge is 0.326 e. The molecule has 0 saturated carbocycles. The largest absolute Gasteiger partial charge is 0.480 e. The number of halogens is 2. The van der Waals surface area contributed by atoms with Crippen molar-refractivity contribution < 1.29 is 24.2 Å². The van der Waals surface area contributed by atoms with Crippen LogP contribution < -0.4 is 0 Å². The SMILES string of the molecule is O=C(O)[C@@H]1C[C@@H](O)CN1C(=O)c1ccc(Cl)c(F)c1. The van der Waals surface area contributed by atoms with Crippen LogP contribution in [0.3, 0.4) is 0 Å². The van der Waals surface area contributed by atoms with Crippen LogP contribution in [-0.2, 0) is 4.79 Å². The van der Waals surface area contributed by atoms with Gasteiger partial charge in [-0.05, 0) is 18.2 Å². The van der Waals surface area contributed by atoms with Crippen LogP contribution in [0.2, 0.25) is 5.02 Å². The van der Waals surface area contributed by atoms with Gasteiger partial charge in [0.25, 0.3) is 5.91 Å². The van der Waals surface area contributed by atoms with Crippen molar-refractivity contribution >= 4 is 23.5 Å². The highest BCUT2D eigenvalue weighted by atomic mass is 35.5. The fourth-order valence-electron chi connectivity index (χ4n) is 2.07. The van der Waals surface area contributed by atoms with Gasteiger partial charge in [-0.15, -0.1) is 0 Å². The molecular formula is C12H11ClFNO4. The Bertz CT molecular complexity index is 536. The van der Waals surface area contributed by atoms with Crippen molar-refractivity contribution in [3.05, 3.63) is 34.6 Å². The van der Waals surface area contributed by atoms with E-state index in [4.69, 9.17) is 16.7 Å². The minimum Gasteiger partial charge on any atom is -0.480 e.